The van der Waals surface area contributed by atoms with E-state index >= 15 is 0 Å². The van der Waals surface area contributed by atoms with Crippen molar-refractivity contribution < 1.29 is 9.53 Å². The first kappa shape index (κ1) is 21.8. The van der Waals surface area contributed by atoms with Crippen molar-refractivity contribution in [2.24, 2.45) is 0 Å². The maximum atomic E-state index is 12.3. The predicted octanol–water partition coefficient (Wildman–Crippen LogP) is 3.19. The first-order chi connectivity index (χ1) is 14.1. The van der Waals surface area contributed by atoms with Gasteiger partial charge in [-0.05, 0) is 37.6 Å². The van der Waals surface area contributed by atoms with Gasteiger partial charge in [0.05, 0.1) is 23.7 Å². The van der Waals surface area contributed by atoms with E-state index in [1.54, 1.807) is 25.3 Å². The second kappa shape index (κ2) is 10.8. The summed E-state index contributed by atoms with van der Waals surface area (Å²) in [5.41, 5.74) is 1.68. The number of alkyl halides is 1. The number of halogens is 1. The summed E-state index contributed by atoms with van der Waals surface area (Å²) in [5.74, 6) is 0.802. The summed E-state index contributed by atoms with van der Waals surface area (Å²) in [7, 11) is 1.72. The highest BCUT2D eigenvalue weighted by molar-refractivity contribution is 7.81. The minimum Gasteiger partial charge on any atom is -0.495 e. The Labute approximate surface area is 183 Å². The number of anilines is 1. The molecule has 0 spiro atoms. The fourth-order valence-electron chi connectivity index (χ4n) is 3.62. The molecule has 3 rings (SSSR count). The Kier molecular flexibility index (Phi) is 8.09. The Morgan fingerprint density at radius 3 is 2.76 bits per heavy atom. The average Bonchev–Trinajstić information content (AvgIpc) is 2.75. The van der Waals surface area contributed by atoms with Gasteiger partial charge in [0.25, 0.3) is 5.91 Å². The summed E-state index contributed by atoms with van der Waals surface area (Å²) in [5, 5.41) is 2.58. The number of para-hydroxylation sites is 2. The van der Waals surface area contributed by atoms with Crippen molar-refractivity contribution in [1.82, 2.24) is 10.2 Å². The second-order valence-corrected chi connectivity index (χ2v) is 8.10. The molecule has 1 saturated heterocycles. The third-order valence-electron chi connectivity index (χ3n) is 5.29. The zero-order valence-electron chi connectivity index (χ0n) is 16.8. The van der Waals surface area contributed by atoms with E-state index in [2.05, 4.69) is 27.2 Å². The van der Waals surface area contributed by atoms with Crippen LogP contribution in [0.1, 0.15) is 12.8 Å². The van der Waals surface area contributed by atoms with E-state index in [0.29, 0.717) is 17.0 Å². The lowest BCUT2D eigenvalue weighted by molar-refractivity contribution is -0.117. The van der Waals surface area contributed by atoms with Gasteiger partial charge in [-0.15, -0.1) is 11.6 Å². The molecule has 0 radical (unpaired) electrons. The molecule has 1 unspecified atom stereocenters. The van der Waals surface area contributed by atoms with E-state index in [1.807, 2.05) is 12.1 Å². The first-order valence-electron chi connectivity index (χ1n) is 10.1. The minimum atomic E-state index is -0.370. The lowest BCUT2D eigenvalue weighted by atomic mass is 10.0. The van der Waals surface area contributed by atoms with E-state index in [1.165, 1.54) is 5.69 Å². The van der Waals surface area contributed by atoms with Crippen molar-refractivity contribution in [3.8, 4) is 5.75 Å². The largest absolute Gasteiger partial charge is 0.495 e. The number of hydrogen-bond acceptors (Lipinski definition) is 5. The number of benzene rings is 1. The van der Waals surface area contributed by atoms with Crippen molar-refractivity contribution in [2.45, 2.75) is 18.2 Å². The van der Waals surface area contributed by atoms with E-state index in [-0.39, 0.29) is 11.3 Å². The number of nitrogens with zero attached hydrogens (tertiary/aromatic N) is 2. The fraction of sp³-hybridized carbons (Fsp3) is 0.455. The van der Waals surface area contributed by atoms with Crippen LogP contribution in [0.4, 0.5) is 5.69 Å². The number of methoxy groups -OCH3 is 1. The number of unbranched alkanes of at least 4 members (excludes halogenated alkanes) is 1. The van der Waals surface area contributed by atoms with Gasteiger partial charge in [-0.2, -0.15) is 0 Å². The van der Waals surface area contributed by atoms with Crippen molar-refractivity contribution in [3.05, 3.63) is 48.1 Å². The van der Waals surface area contributed by atoms with Crippen LogP contribution in [0.2, 0.25) is 0 Å². The van der Waals surface area contributed by atoms with Gasteiger partial charge in [0.15, 0.2) is 0 Å². The normalized spacial score (nSPS) is 19.8. The van der Waals surface area contributed by atoms with Gasteiger partial charge in [0.2, 0.25) is 0 Å². The summed E-state index contributed by atoms with van der Waals surface area (Å²) < 4.78 is 5.48. The number of thiocarbonyl (C=S) groups is 1. The molecule has 2 aliphatic rings. The van der Waals surface area contributed by atoms with Crippen LogP contribution >= 0.6 is 23.8 Å². The molecule has 1 amide bonds. The van der Waals surface area contributed by atoms with Gasteiger partial charge in [0, 0.05) is 37.6 Å². The minimum absolute atomic E-state index is 0.129. The topological polar surface area (TPSA) is 44.8 Å². The van der Waals surface area contributed by atoms with Crippen LogP contribution in [0, 0.1) is 0 Å². The van der Waals surface area contributed by atoms with Crippen LogP contribution in [-0.4, -0.2) is 67.4 Å². The molecule has 0 saturated carbocycles. The van der Waals surface area contributed by atoms with Gasteiger partial charge in [-0.1, -0.05) is 36.5 Å². The van der Waals surface area contributed by atoms with Crippen LogP contribution in [-0.2, 0) is 4.79 Å². The van der Waals surface area contributed by atoms with E-state index in [9.17, 15) is 4.79 Å². The zero-order chi connectivity index (χ0) is 20.6. The molecule has 1 fully saturated rings. The molecular weight excluding hydrogens is 406 g/mol. The lowest BCUT2D eigenvalue weighted by Crippen LogP contribution is -2.46. The van der Waals surface area contributed by atoms with Crippen molar-refractivity contribution >= 4 is 40.3 Å². The van der Waals surface area contributed by atoms with Crippen LogP contribution < -0.4 is 15.0 Å². The van der Waals surface area contributed by atoms with Crippen molar-refractivity contribution in [1.29, 1.82) is 0 Å². The van der Waals surface area contributed by atoms with E-state index in [0.717, 1.165) is 51.3 Å². The molecule has 7 heteroatoms. The Hall–Kier alpha value is -1.89. The third kappa shape index (κ3) is 5.81. The summed E-state index contributed by atoms with van der Waals surface area (Å²) in [6, 6.07) is 8.18. The number of hydrogen-bond donors (Lipinski definition) is 1. The van der Waals surface area contributed by atoms with Gasteiger partial charge in [0.1, 0.15) is 5.75 Å². The van der Waals surface area contributed by atoms with Crippen LogP contribution in [0.15, 0.2) is 48.1 Å². The van der Waals surface area contributed by atoms with Gasteiger partial charge in [-0.3, -0.25) is 9.69 Å². The number of ether oxygens (including phenoxy) is 1. The Balaban J connectivity index is 1.33. The monoisotopic (exact) mass is 433 g/mol. The highest BCUT2D eigenvalue weighted by Gasteiger charge is 2.21. The molecule has 29 heavy (non-hydrogen) atoms. The van der Waals surface area contributed by atoms with Crippen LogP contribution in [0.25, 0.3) is 0 Å². The average molecular weight is 434 g/mol. The van der Waals surface area contributed by atoms with Gasteiger partial charge < -0.3 is 15.0 Å². The zero-order valence-corrected chi connectivity index (χ0v) is 18.3. The molecular formula is C22H28ClN3O2S. The summed E-state index contributed by atoms with van der Waals surface area (Å²) in [6.07, 6.45) is 7.30. The van der Waals surface area contributed by atoms with Crippen LogP contribution in [0.5, 0.6) is 5.75 Å². The lowest BCUT2D eigenvalue weighted by Gasteiger charge is -2.36. The van der Waals surface area contributed by atoms with Crippen LogP contribution in [0.3, 0.4) is 0 Å². The molecule has 1 atom stereocenters. The van der Waals surface area contributed by atoms with E-state index < -0.39 is 0 Å². The molecule has 1 aromatic rings. The van der Waals surface area contributed by atoms with Gasteiger partial charge in [-0.25, -0.2) is 0 Å². The third-order valence-corrected chi connectivity index (χ3v) is 6.26. The molecule has 156 valence electrons. The summed E-state index contributed by atoms with van der Waals surface area (Å²) in [4.78, 5) is 17.6. The predicted molar refractivity (Wildman–Crippen MR) is 123 cm³/mol. The Morgan fingerprint density at radius 2 is 2.00 bits per heavy atom. The standard InChI is InChI=1S/C22H28ClN3O2S/c1-28-20-10-3-2-9-19(20)26-15-13-25(14-16-26)12-5-4-11-24-22(27)17-7-6-8-18(23)21(17)29/h2-3,6-10,18H,4-5,11-16H2,1H3,(H,24,27). The molecule has 0 bridgehead atoms. The highest BCUT2D eigenvalue weighted by Crippen LogP contribution is 2.28. The summed E-state index contributed by atoms with van der Waals surface area (Å²) in [6.45, 7) is 5.76. The van der Waals surface area contributed by atoms with Gasteiger partial charge >= 0.3 is 0 Å². The Morgan fingerprint density at radius 1 is 1.24 bits per heavy atom. The molecule has 1 N–H and O–H groups in total. The first-order valence-corrected chi connectivity index (χ1v) is 10.9. The maximum Gasteiger partial charge on any atom is 0.252 e. The van der Waals surface area contributed by atoms with Crippen molar-refractivity contribution in [2.75, 3.05) is 51.3 Å². The number of nitrogens with one attached hydrogen (secondary N) is 1. The molecule has 1 heterocycles. The highest BCUT2D eigenvalue weighted by atomic mass is 35.5. The number of piperazine rings is 1. The van der Waals surface area contributed by atoms with Crippen molar-refractivity contribution in [3.63, 3.8) is 0 Å². The number of amides is 1. The molecule has 1 aromatic carbocycles. The molecule has 1 aliphatic carbocycles. The van der Waals surface area contributed by atoms with E-state index in [4.69, 9.17) is 28.6 Å². The SMILES string of the molecule is COc1ccccc1N1CCN(CCCCNC(=O)C2=CC=CC(Cl)C2=S)CC1. The summed E-state index contributed by atoms with van der Waals surface area (Å²) >= 11 is 11.3. The molecule has 1 aliphatic heterocycles. The number of rotatable bonds is 8. The smallest absolute Gasteiger partial charge is 0.252 e. The number of carbonyl (C=O) groups excluding carboxylic acids is 1. The number of allylic oxidation sites excluding steroid dienone is 3. The Bertz CT molecular complexity index is 788. The molecule has 0 aromatic heterocycles. The fourth-order valence-corrected chi connectivity index (χ4v) is 4.06. The second-order valence-electron chi connectivity index (χ2n) is 7.19. The quantitative estimate of drug-likeness (QED) is 0.387. The molecule has 5 nitrogen and oxygen atoms in total. The number of carbonyl (C=O) groups is 1. The maximum absolute atomic E-state index is 12.3.